The van der Waals surface area contributed by atoms with Crippen molar-refractivity contribution in [2.45, 2.75) is 57.1 Å². The van der Waals surface area contributed by atoms with Crippen LogP contribution < -0.4 is 5.32 Å². The highest BCUT2D eigenvalue weighted by atomic mass is 16.3. The summed E-state index contributed by atoms with van der Waals surface area (Å²) in [7, 11) is 0. The second-order valence-electron chi connectivity index (χ2n) is 7.10. The quantitative estimate of drug-likeness (QED) is 0.758. The monoisotopic (exact) mass is 309 g/mol. The molecule has 2 heterocycles. The number of amides is 3. The standard InChI is InChI=1S/C16H27N3O3/c1-12(20)13-4-8-18(9-5-13)10-11-19-14(21)16(17-15(19)22)6-2-3-7-16/h12-13,20H,2-11H2,1H3,(H,17,22). The summed E-state index contributed by atoms with van der Waals surface area (Å²) in [6, 6.07) is -0.217. The Morgan fingerprint density at radius 3 is 2.45 bits per heavy atom. The van der Waals surface area contributed by atoms with Crippen molar-refractivity contribution < 1.29 is 14.7 Å². The SMILES string of the molecule is CC(O)C1CCN(CCN2C(=O)NC3(CCCC3)C2=O)CC1. The molecular formula is C16H27N3O3. The molecule has 0 aromatic carbocycles. The van der Waals surface area contributed by atoms with Crippen LogP contribution in [0.15, 0.2) is 0 Å². The van der Waals surface area contributed by atoms with Gasteiger partial charge in [0.2, 0.25) is 0 Å². The summed E-state index contributed by atoms with van der Waals surface area (Å²) in [5, 5.41) is 12.6. The van der Waals surface area contributed by atoms with E-state index in [4.69, 9.17) is 0 Å². The summed E-state index contributed by atoms with van der Waals surface area (Å²) in [5.74, 6) is 0.364. The van der Waals surface area contributed by atoms with Gasteiger partial charge in [-0.1, -0.05) is 12.8 Å². The van der Waals surface area contributed by atoms with E-state index in [2.05, 4.69) is 10.2 Å². The molecular weight excluding hydrogens is 282 g/mol. The van der Waals surface area contributed by atoms with Crippen LogP contribution in [0.1, 0.15) is 45.4 Å². The first kappa shape index (κ1) is 15.7. The molecule has 6 heteroatoms. The Morgan fingerprint density at radius 2 is 1.86 bits per heavy atom. The summed E-state index contributed by atoms with van der Waals surface area (Å²) in [6.45, 7) is 4.94. The number of aliphatic hydroxyl groups excluding tert-OH is 1. The third-order valence-electron chi connectivity index (χ3n) is 5.66. The minimum absolute atomic E-state index is 0.0196. The van der Waals surface area contributed by atoms with Crippen molar-refractivity contribution in [2.75, 3.05) is 26.2 Å². The zero-order valence-corrected chi connectivity index (χ0v) is 13.4. The molecule has 3 amide bonds. The van der Waals surface area contributed by atoms with E-state index in [9.17, 15) is 14.7 Å². The molecule has 3 fully saturated rings. The van der Waals surface area contributed by atoms with Crippen LogP contribution in [0.3, 0.4) is 0 Å². The van der Waals surface area contributed by atoms with Crippen molar-refractivity contribution in [2.24, 2.45) is 5.92 Å². The molecule has 1 spiro atoms. The van der Waals surface area contributed by atoms with E-state index >= 15 is 0 Å². The van der Waals surface area contributed by atoms with Gasteiger partial charge in [0.15, 0.2) is 0 Å². The van der Waals surface area contributed by atoms with Crippen LogP contribution in [0.4, 0.5) is 4.79 Å². The van der Waals surface area contributed by atoms with Crippen LogP contribution >= 0.6 is 0 Å². The van der Waals surface area contributed by atoms with Crippen LogP contribution in [0, 0.1) is 5.92 Å². The Morgan fingerprint density at radius 1 is 1.23 bits per heavy atom. The minimum atomic E-state index is -0.587. The smallest absolute Gasteiger partial charge is 0.325 e. The maximum absolute atomic E-state index is 12.5. The van der Waals surface area contributed by atoms with Gasteiger partial charge in [0, 0.05) is 13.1 Å². The lowest BCUT2D eigenvalue weighted by atomic mass is 9.92. The van der Waals surface area contributed by atoms with Gasteiger partial charge in [0.25, 0.3) is 5.91 Å². The highest BCUT2D eigenvalue weighted by molar-refractivity contribution is 6.07. The summed E-state index contributed by atoms with van der Waals surface area (Å²) in [5.41, 5.74) is -0.587. The molecule has 3 rings (SSSR count). The van der Waals surface area contributed by atoms with Gasteiger partial charge in [0.1, 0.15) is 5.54 Å². The fraction of sp³-hybridized carbons (Fsp3) is 0.875. The average molecular weight is 309 g/mol. The Bertz CT molecular complexity index is 438. The van der Waals surface area contributed by atoms with E-state index in [1.54, 1.807) is 0 Å². The van der Waals surface area contributed by atoms with Crippen molar-refractivity contribution in [3.05, 3.63) is 0 Å². The lowest BCUT2D eigenvalue weighted by Crippen LogP contribution is -2.45. The molecule has 2 N–H and O–H groups in total. The van der Waals surface area contributed by atoms with Crippen molar-refractivity contribution in [3.8, 4) is 0 Å². The van der Waals surface area contributed by atoms with Crippen molar-refractivity contribution in [1.82, 2.24) is 15.1 Å². The zero-order chi connectivity index (χ0) is 15.7. The van der Waals surface area contributed by atoms with E-state index < -0.39 is 5.54 Å². The molecule has 0 aromatic heterocycles. The maximum atomic E-state index is 12.5. The summed E-state index contributed by atoms with van der Waals surface area (Å²) >= 11 is 0. The molecule has 0 bridgehead atoms. The summed E-state index contributed by atoms with van der Waals surface area (Å²) in [6.07, 6.45) is 5.35. The Labute approximate surface area is 131 Å². The first-order chi connectivity index (χ1) is 10.5. The van der Waals surface area contributed by atoms with Gasteiger partial charge in [-0.2, -0.15) is 0 Å². The zero-order valence-electron chi connectivity index (χ0n) is 13.4. The molecule has 2 saturated heterocycles. The van der Waals surface area contributed by atoms with Gasteiger partial charge in [-0.05, 0) is 51.6 Å². The number of rotatable bonds is 4. The number of urea groups is 1. The molecule has 2 aliphatic heterocycles. The van der Waals surface area contributed by atoms with Crippen molar-refractivity contribution in [3.63, 3.8) is 0 Å². The molecule has 22 heavy (non-hydrogen) atoms. The number of hydrogen-bond acceptors (Lipinski definition) is 4. The Balaban J connectivity index is 1.50. The van der Waals surface area contributed by atoms with E-state index in [1.807, 2.05) is 6.92 Å². The van der Waals surface area contributed by atoms with Gasteiger partial charge in [-0.3, -0.25) is 9.69 Å². The minimum Gasteiger partial charge on any atom is -0.393 e. The molecule has 3 aliphatic rings. The number of imide groups is 1. The Kier molecular flexibility index (Phi) is 4.41. The fourth-order valence-electron chi connectivity index (χ4n) is 4.10. The number of likely N-dealkylation sites (tertiary alicyclic amines) is 1. The predicted molar refractivity (Wildman–Crippen MR) is 82.3 cm³/mol. The highest BCUT2D eigenvalue weighted by Gasteiger charge is 2.52. The summed E-state index contributed by atoms with van der Waals surface area (Å²) < 4.78 is 0. The van der Waals surface area contributed by atoms with Crippen molar-refractivity contribution in [1.29, 1.82) is 0 Å². The van der Waals surface area contributed by atoms with Crippen LogP contribution in [-0.4, -0.2) is 64.7 Å². The van der Waals surface area contributed by atoms with Gasteiger partial charge >= 0.3 is 6.03 Å². The van der Waals surface area contributed by atoms with Gasteiger partial charge in [-0.15, -0.1) is 0 Å². The number of nitrogens with one attached hydrogen (secondary N) is 1. The normalized spacial score (nSPS) is 27.6. The molecule has 1 saturated carbocycles. The number of piperidine rings is 1. The number of carbonyl (C=O) groups excluding carboxylic acids is 2. The van der Waals surface area contributed by atoms with Gasteiger partial charge in [-0.25, -0.2) is 4.79 Å². The highest BCUT2D eigenvalue weighted by Crippen LogP contribution is 2.35. The van der Waals surface area contributed by atoms with E-state index in [-0.39, 0.29) is 18.0 Å². The molecule has 1 aliphatic carbocycles. The number of hydrogen-bond donors (Lipinski definition) is 2. The van der Waals surface area contributed by atoms with Crippen LogP contribution in [0.2, 0.25) is 0 Å². The lowest BCUT2D eigenvalue weighted by molar-refractivity contribution is -0.131. The third kappa shape index (κ3) is 2.86. The number of aliphatic hydroxyl groups is 1. The lowest BCUT2D eigenvalue weighted by Gasteiger charge is -2.33. The molecule has 6 nitrogen and oxygen atoms in total. The first-order valence-electron chi connectivity index (χ1n) is 8.56. The molecule has 0 radical (unpaired) electrons. The van der Waals surface area contributed by atoms with Crippen LogP contribution in [0.5, 0.6) is 0 Å². The summed E-state index contributed by atoms with van der Waals surface area (Å²) in [4.78, 5) is 28.3. The first-order valence-corrected chi connectivity index (χ1v) is 8.56. The average Bonchev–Trinajstić information content (AvgIpc) is 3.05. The van der Waals surface area contributed by atoms with Crippen LogP contribution in [0.25, 0.3) is 0 Å². The molecule has 124 valence electrons. The Hall–Kier alpha value is -1.14. The largest absolute Gasteiger partial charge is 0.393 e. The third-order valence-corrected chi connectivity index (χ3v) is 5.66. The van der Waals surface area contributed by atoms with Crippen molar-refractivity contribution >= 4 is 11.9 Å². The molecule has 1 unspecified atom stereocenters. The second kappa shape index (κ2) is 6.16. The van der Waals surface area contributed by atoms with Crippen LogP contribution in [-0.2, 0) is 4.79 Å². The fourth-order valence-corrected chi connectivity index (χ4v) is 4.10. The van der Waals surface area contributed by atoms with Gasteiger partial charge in [0.05, 0.1) is 6.10 Å². The molecule has 0 aromatic rings. The van der Waals surface area contributed by atoms with E-state index in [1.165, 1.54) is 4.90 Å². The maximum Gasteiger partial charge on any atom is 0.325 e. The second-order valence-corrected chi connectivity index (χ2v) is 7.10. The van der Waals surface area contributed by atoms with E-state index in [0.717, 1.165) is 58.2 Å². The number of nitrogens with zero attached hydrogens (tertiary/aromatic N) is 2. The number of carbonyl (C=O) groups is 2. The van der Waals surface area contributed by atoms with E-state index in [0.29, 0.717) is 12.5 Å². The molecule has 1 atom stereocenters. The van der Waals surface area contributed by atoms with Gasteiger partial charge < -0.3 is 15.3 Å². The topological polar surface area (TPSA) is 72.9 Å². The predicted octanol–water partition coefficient (Wildman–Crippen LogP) is 0.944.